The number of aliphatic hydroxyl groups is 1. The van der Waals surface area contributed by atoms with Crippen molar-refractivity contribution in [2.75, 3.05) is 13.2 Å². The zero-order valence-electron chi connectivity index (χ0n) is 24.7. The first-order chi connectivity index (χ1) is 19.1. The average molecular weight is 603 g/mol. The zero-order chi connectivity index (χ0) is 30.6. The summed E-state index contributed by atoms with van der Waals surface area (Å²) in [4.78, 5) is 29.8. The minimum Gasteiger partial charge on any atom is -0.458 e. The molecular weight excluding hydrogens is 561 g/mol. The molecular formula is C32H41Cl2N3O4. The third kappa shape index (κ3) is 7.54. The van der Waals surface area contributed by atoms with Crippen molar-refractivity contribution < 1.29 is 19.4 Å². The van der Waals surface area contributed by atoms with E-state index in [0.29, 0.717) is 47.0 Å². The van der Waals surface area contributed by atoms with Crippen molar-refractivity contribution in [1.82, 2.24) is 10.2 Å². The SMILES string of the molecule is CC(C)(C)C[C@@H]1N(C(=O)NCCCCO)[C@@H](C(=O)OC(C)(C)C)[C@H](c2cccc(Cl)c2)[C@@]1(C#N)c1ccc(Cl)cc1. The lowest BCUT2D eigenvalue weighted by Gasteiger charge is -2.39. The van der Waals surface area contributed by atoms with E-state index in [1.165, 1.54) is 4.90 Å². The lowest BCUT2D eigenvalue weighted by molar-refractivity contribution is -0.160. The number of carbonyl (C=O) groups excluding carboxylic acids is 2. The number of urea groups is 1. The number of nitrogens with zero attached hydrogens (tertiary/aromatic N) is 2. The maximum absolute atomic E-state index is 14.2. The predicted octanol–water partition coefficient (Wildman–Crippen LogP) is 6.85. The van der Waals surface area contributed by atoms with E-state index < -0.39 is 41.0 Å². The minimum absolute atomic E-state index is 0.0116. The molecule has 4 atom stereocenters. The van der Waals surface area contributed by atoms with Gasteiger partial charge in [-0.15, -0.1) is 0 Å². The minimum atomic E-state index is -1.35. The van der Waals surface area contributed by atoms with E-state index in [1.807, 2.05) is 26.8 Å². The molecule has 0 unspecified atom stereocenters. The summed E-state index contributed by atoms with van der Waals surface area (Å²) in [6.07, 6.45) is 1.51. The molecule has 9 heteroatoms. The van der Waals surface area contributed by atoms with Crippen LogP contribution in [0.4, 0.5) is 4.79 Å². The van der Waals surface area contributed by atoms with Crippen molar-refractivity contribution in [1.29, 1.82) is 5.26 Å². The number of unbranched alkanes of at least 4 members (excludes halogenated alkanes) is 1. The number of likely N-dealkylation sites (tertiary alicyclic amines) is 1. The fourth-order valence-corrected chi connectivity index (χ4v) is 6.05. The molecule has 2 aromatic rings. The first-order valence-corrected chi connectivity index (χ1v) is 14.7. The first kappa shape index (κ1) is 32.7. The zero-order valence-corrected chi connectivity index (χ0v) is 26.2. The smallest absolute Gasteiger partial charge is 0.330 e. The van der Waals surface area contributed by atoms with Crippen LogP contribution in [0.25, 0.3) is 0 Å². The van der Waals surface area contributed by atoms with Crippen molar-refractivity contribution in [3.05, 3.63) is 69.7 Å². The highest BCUT2D eigenvalue weighted by Gasteiger charge is 2.65. The molecule has 0 aliphatic carbocycles. The highest BCUT2D eigenvalue weighted by Crippen LogP contribution is 2.56. The number of carbonyl (C=O) groups is 2. The van der Waals surface area contributed by atoms with Gasteiger partial charge in [0.15, 0.2) is 0 Å². The van der Waals surface area contributed by atoms with Gasteiger partial charge in [0.1, 0.15) is 17.1 Å². The van der Waals surface area contributed by atoms with Gasteiger partial charge in [0.05, 0.1) is 12.1 Å². The summed E-state index contributed by atoms with van der Waals surface area (Å²) in [5, 5.41) is 24.4. The highest BCUT2D eigenvalue weighted by atomic mass is 35.5. The van der Waals surface area contributed by atoms with Gasteiger partial charge in [-0.2, -0.15) is 5.26 Å². The standard InChI is InChI=1S/C32H41Cl2N3O4/c1-30(2,3)19-25-32(20-35,22-12-14-23(33)15-13-22)26(21-10-9-11-24(34)18-21)27(28(39)41-31(4,5)6)37(25)29(40)36-16-7-8-17-38/h9-15,18,25-27,38H,7-8,16-17,19H2,1-6H3,(H,36,40)/t25-,26-,27+,32-/m0/s1. The van der Waals surface area contributed by atoms with Crippen molar-refractivity contribution in [2.24, 2.45) is 5.41 Å². The van der Waals surface area contributed by atoms with E-state index in [0.717, 1.165) is 0 Å². The Morgan fingerprint density at radius 1 is 1.05 bits per heavy atom. The molecule has 0 bridgehead atoms. The van der Waals surface area contributed by atoms with Gasteiger partial charge in [-0.3, -0.25) is 0 Å². The van der Waals surface area contributed by atoms with Crippen LogP contribution in [0, 0.1) is 16.7 Å². The Bertz CT molecular complexity index is 1260. The number of benzene rings is 2. The molecule has 2 N–H and O–H groups in total. The summed E-state index contributed by atoms with van der Waals surface area (Å²) in [6, 6.07) is 14.5. The number of esters is 1. The summed E-state index contributed by atoms with van der Waals surface area (Å²) in [5.41, 5.74) is -1.22. The molecule has 1 saturated heterocycles. The van der Waals surface area contributed by atoms with Crippen LogP contribution >= 0.6 is 23.2 Å². The average Bonchev–Trinajstić information content (AvgIpc) is 3.15. The van der Waals surface area contributed by atoms with Crippen LogP contribution in [-0.4, -0.2) is 52.8 Å². The Balaban J connectivity index is 2.38. The number of aliphatic hydroxyl groups excluding tert-OH is 1. The third-order valence-corrected chi connectivity index (χ3v) is 7.72. The van der Waals surface area contributed by atoms with Crippen LogP contribution in [-0.2, 0) is 14.9 Å². The molecule has 7 nitrogen and oxygen atoms in total. The summed E-state index contributed by atoms with van der Waals surface area (Å²) in [6.45, 7) is 11.8. The quantitative estimate of drug-likeness (QED) is 0.254. The maximum atomic E-state index is 14.2. The fourth-order valence-electron chi connectivity index (χ4n) is 5.72. The van der Waals surface area contributed by atoms with Gasteiger partial charge in [0.2, 0.25) is 0 Å². The van der Waals surface area contributed by atoms with Crippen molar-refractivity contribution >= 4 is 35.2 Å². The lowest BCUT2D eigenvalue weighted by Crippen LogP contribution is -2.54. The summed E-state index contributed by atoms with van der Waals surface area (Å²) >= 11 is 12.7. The van der Waals surface area contributed by atoms with Crippen LogP contribution in [0.15, 0.2) is 48.5 Å². The van der Waals surface area contributed by atoms with E-state index >= 15 is 0 Å². The van der Waals surface area contributed by atoms with Crippen molar-refractivity contribution in [3.8, 4) is 6.07 Å². The van der Waals surface area contributed by atoms with Gasteiger partial charge < -0.3 is 20.1 Å². The second-order valence-corrected chi connectivity index (χ2v) is 13.7. The highest BCUT2D eigenvalue weighted by molar-refractivity contribution is 6.30. The predicted molar refractivity (Wildman–Crippen MR) is 162 cm³/mol. The normalized spacial score (nSPS) is 22.7. The second-order valence-electron chi connectivity index (χ2n) is 12.8. The van der Waals surface area contributed by atoms with E-state index in [1.54, 1.807) is 63.2 Å². The third-order valence-electron chi connectivity index (χ3n) is 7.23. The van der Waals surface area contributed by atoms with Crippen LogP contribution in [0.1, 0.15) is 77.8 Å². The van der Waals surface area contributed by atoms with Gasteiger partial charge in [-0.25, -0.2) is 9.59 Å². The maximum Gasteiger partial charge on any atom is 0.330 e. The monoisotopic (exact) mass is 601 g/mol. The molecule has 1 aliphatic rings. The van der Waals surface area contributed by atoms with Gasteiger partial charge in [0, 0.05) is 29.1 Å². The number of hydrogen-bond acceptors (Lipinski definition) is 5. The van der Waals surface area contributed by atoms with Gasteiger partial charge in [0.25, 0.3) is 0 Å². The second kappa shape index (κ2) is 13.0. The lowest BCUT2D eigenvalue weighted by atomic mass is 9.63. The van der Waals surface area contributed by atoms with Crippen molar-refractivity contribution in [2.45, 2.75) is 89.8 Å². The molecule has 0 aromatic heterocycles. The molecule has 41 heavy (non-hydrogen) atoms. The molecule has 0 saturated carbocycles. The Morgan fingerprint density at radius 2 is 1.71 bits per heavy atom. The molecule has 3 rings (SSSR count). The van der Waals surface area contributed by atoms with Gasteiger partial charge >= 0.3 is 12.0 Å². The number of amides is 2. The Morgan fingerprint density at radius 3 is 2.24 bits per heavy atom. The number of halogens is 2. The molecule has 222 valence electrons. The molecule has 2 amide bonds. The van der Waals surface area contributed by atoms with E-state index in [9.17, 15) is 20.0 Å². The van der Waals surface area contributed by atoms with E-state index in [-0.39, 0.29) is 12.0 Å². The molecule has 0 radical (unpaired) electrons. The molecule has 1 aliphatic heterocycles. The van der Waals surface area contributed by atoms with E-state index in [2.05, 4.69) is 11.4 Å². The number of nitriles is 1. The fraction of sp³-hybridized carbons (Fsp3) is 0.531. The molecule has 0 spiro atoms. The van der Waals surface area contributed by atoms with Gasteiger partial charge in [-0.1, -0.05) is 68.2 Å². The Hall–Kier alpha value is -2.79. The molecule has 1 heterocycles. The number of hydrogen-bond donors (Lipinski definition) is 2. The number of nitrogens with one attached hydrogen (secondary N) is 1. The summed E-state index contributed by atoms with van der Waals surface area (Å²) < 4.78 is 5.94. The van der Waals surface area contributed by atoms with Crippen LogP contribution < -0.4 is 5.32 Å². The molecule has 1 fully saturated rings. The van der Waals surface area contributed by atoms with Crippen LogP contribution in [0.5, 0.6) is 0 Å². The van der Waals surface area contributed by atoms with Crippen LogP contribution in [0.2, 0.25) is 10.0 Å². The topological polar surface area (TPSA) is 103 Å². The summed E-state index contributed by atoms with van der Waals surface area (Å²) in [5.74, 6) is -1.41. The van der Waals surface area contributed by atoms with Crippen LogP contribution in [0.3, 0.4) is 0 Å². The van der Waals surface area contributed by atoms with Gasteiger partial charge in [-0.05, 0) is 80.8 Å². The largest absolute Gasteiger partial charge is 0.458 e. The van der Waals surface area contributed by atoms with E-state index in [4.69, 9.17) is 27.9 Å². The van der Waals surface area contributed by atoms with Crippen molar-refractivity contribution in [3.63, 3.8) is 0 Å². The first-order valence-electron chi connectivity index (χ1n) is 14.0. The summed E-state index contributed by atoms with van der Waals surface area (Å²) in [7, 11) is 0. The number of rotatable bonds is 8. The Labute approximate surface area is 253 Å². The number of ether oxygens (including phenoxy) is 1. The Kier molecular flexibility index (Phi) is 10.4. The molecule has 2 aromatic carbocycles.